The van der Waals surface area contributed by atoms with Gasteiger partial charge in [-0.2, -0.15) is 13.2 Å². The number of aliphatic carboxylic acids is 1. The molecule has 1 unspecified atom stereocenters. The molecule has 4 nitrogen and oxygen atoms in total. The molecule has 0 aromatic heterocycles. The predicted octanol–water partition coefficient (Wildman–Crippen LogP) is 5.97. The molecular weight excluding hydrogens is 486 g/mol. The summed E-state index contributed by atoms with van der Waals surface area (Å²) in [7, 11) is 0. The summed E-state index contributed by atoms with van der Waals surface area (Å²) in [4.78, 5) is 14.3. The van der Waals surface area contributed by atoms with Crippen LogP contribution < -0.4 is 0 Å². The third-order valence-corrected chi connectivity index (χ3v) is 7.58. The highest BCUT2D eigenvalue weighted by molar-refractivity contribution is 5.71. The quantitative estimate of drug-likeness (QED) is 0.396. The van der Waals surface area contributed by atoms with Crippen LogP contribution in [0.4, 0.5) is 17.6 Å². The number of carbonyl (C=O) groups is 1. The summed E-state index contributed by atoms with van der Waals surface area (Å²) in [5, 5.41) is 9.93. The first-order valence-electron chi connectivity index (χ1n) is 12.3. The van der Waals surface area contributed by atoms with E-state index in [1.807, 2.05) is 60.7 Å². The van der Waals surface area contributed by atoms with Crippen LogP contribution in [0.15, 0.2) is 78.9 Å². The maximum absolute atomic E-state index is 14.0. The van der Waals surface area contributed by atoms with Crippen molar-refractivity contribution in [3.8, 4) is 0 Å². The number of hydrogen-bond donors (Lipinski definition) is 1. The van der Waals surface area contributed by atoms with E-state index in [2.05, 4.69) is 4.90 Å². The molecule has 1 N–H and O–H groups in total. The second-order valence-corrected chi connectivity index (χ2v) is 9.80. The number of benzene rings is 3. The predicted molar refractivity (Wildman–Crippen MR) is 129 cm³/mol. The SMILES string of the molecule is O=C(O)[C@@H]1CN2CC[C@H]1[C@H](OCc1cc(F)cc(C(F)(F)F)c1)[C@@H]2C(c1ccccc1)c1ccccc1. The van der Waals surface area contributed by atoms with E-state index in [4.69, 9.17) is 4.74 Å². The Morgan fingerprint density at radius 3 is 2.19 bits per heavy atom. The topological polar surface area (TPSA) is 49.8 Å². The Morgan fingerprint density at radius 2 is 1.62 bits per heavy atom. The van der Waals surface area contributed by atoms with Gasteiger partial charge in [-0.25, -0.2) is 4.39 Å². The lowest BCUT2D eigenvalue weighted by molar-refractivity contribution is -0.172. The number of piperidine rings is 3. The van der Waals surface area contributed by atoms with Crippen LogP contribution in [0.3, 0.4) is 0 Å². The van der Waals surface area contributed by atoms with Crippen LogP contribution in [0.2, 0.25) is 0 Å². The molecule has 3 aliphatic rings. The van der Waals surface area contributed by atoms with E-state index >= 15 is 0 Å². The number of alkyl halides is 3. The molecule has 3 saturated heterocycles. The van der Waals surface area contributed by atoms with Gasteiger partial charge in [0.25, 0.3) is 0 Å². The first kappa shape index (κ1) is 25.4. The van der Waals surface area contributed by atoms with E-state index in [0.717, 1.165) is 23.3 Å². The van der Waals surface area contributed by atoms with Gasteiger partial charge in [0.15, 0.2) is 0 Å². The van der Waals surface area contributed by atoms with Crippen molar-refractivity contribution in [3.05, 3.63) is 107 Å². The van der Waals surface area contributed by atoms with Gasteiger partial charge in [-0.3, -0.25) is 9.69 Å². The second-order valence-electron chi connectivity index (χ2n) is 9.80. The van der Waals surface area contributed by atoms with Crippen molar-refractivity contribution < 1.29 is 32.2 Å². The smallest absolute Gasteiger partial charge is 0.416 e. The third-order valence-electron chi connectivity index (χ3n) is 7.58. The summed E-state index contributed by atoms with van der Waals surface area (Å²) in [5.74, 6) is -3.03. The number of hydrogen-bond acceptors (Lipinski definition) is 3. The van der Waals surface area contributed by atoms with Crippen molar-refractivity contribution in [3.63, 3.8) is 0 Å². The molecule has 2 bridgehead atoms. The molecule has 3 aromatic rings. The van der Waals surface area contributed by atoms with Gasteiger partial charge >= 0.3 is 12.1 Å². The number of rotatable bonds is 7. The molecule has 0 amide bonds. The Kier molecular flexibility index (Phi) is 7.05. The van der Waals surface area contributed by atoms with Crippen LogP contribution in [0.1, 0.15) is 34.6 Å². The lowest BCUT2D eigenvalue weighted by Gasteiger charge is -2.55. The zero-order valence-electron chi connectivity index (χ0n) is 19.9. The van der Waals surface area contributed by atoms with E-state index < -0.39 is 35.5 Å². The molecule has 0 saturated carbocycles. The highest BCUT2D eigenvalue weighted by atomic mass is 19.4. The number of nitrogens with zero attached hydrogens (tertiary/aromatic N) is 1. The van der Waals surface area contributed by atoms with Gasteiger partial charge in [-0.05, 0) is 47.9 Å². The fourth-order valence-corrected chi connectivity index (χ4v) is 6.00. The van der Waals surface area contributed by atoms with Gasteiger partial charge in [0.05, 0.1) is 24.2 Å². The van der Waals surface area contributed by atoms with Crippen LogP contribution in [0.25, 0.3) is 0 Å². The first-order chi connectivity index (χ1) is 17.7. The van der Waals surface area contributed by atoms with Crippen LogP contribution in [0, 0.1) is 17.7 Å². The molecule has 194 valence electrons. The van der Waals surface area contributed by atoms with Gasteiger partial charge in [0.1, 0.15) is 5.82 Å². The normalized spacial score (nSPS) is 25.4. The zero-order chi connectivity index (χ0) is 26.2. The van der Waals surface area contributed by atoms with E-state index in [-0.39, 0.29) is 30.0 Å². The monoisotopic (exact) mass is 513 g/mol. The molecule has 3 aromatic carbocycles. The van der Waals surface area contributed by atoms with E-state index in [1.165, 1.54) is 0 Å². The van der Waals surface area contributed by atoms with Gasteiger partial charge in [-0.1, -0.05) is 60.7 Å². The zero-order valence-corrected chi connectivity index (χ0v) is 19.9. The summed E-state index contributed by atoms with van der Waals surface area (Å²) >= 11 is 0. The highest BCUT2D eigenvalue weighted by Crippen LogP contribution is 2.46. The van der Waals surface area contributed by atoms with Crippen molar-refractivity contribution in [1.29, 1.82) is 0 Å². The van der Waals surface area contributed by atoms with Crippen LogP contribution in [-0.4, -0.2) is 41.2 Å². The minimum absolute atomic E-state index is 0.0605. The summed E-state index contributed by atoms with van der Waals surface area (Å²) in [6.07, 6.45) is -4.66. The number of carboxylic acids is 1. The molecule has 0 radical (unpaired) electrons. The summed E-state index contributed by atoms with van der Waals surface area (Å²) in [6.45, 7) is 0.821. The molecule has 6 rings (SSSR count). The maximum Gasteiger partial charge on any atom is 0.416 e. The molecule has 3 heterocycles. The largest absolute Gasteiger partial charge is 0.481 e. The van der Waals surface area contributed by atoms with Crippen LogP contribution in [0.5, 0.6) is 0 Å². The average Bonchev–Trinajstić information content (AvgIpc) is 2.89. The van der Waals surface area contributed by atoms with Gasteiger partial charge in [0.2, 0.25) is 0 Å². The van der Waals surface area contributed by atoms with Crippen molar-refractivity contribution in [2.45, 2.75) is 37.3 Å². The van der Waals surface area contributed by atoms with Crippen molar-refractivity contribution in [2.24, 2.45) is 11.8 Å². The summed E-state index contributed by atoms with van der Waals surface area (Å²) in [5.41, 5.74) is 1.06. The van der Waals surface area contributed by atoms with Crippen LogP contribution >= 0.6 is 0 Å². The number of ether oxygens (including phenoxy) is 1. The lowest BCUT2D eigenvalue weighted by atomic mass is 9.68. The van der Waals surface area contributed by atoms with Crippen molar-refractivity contribution >= 4 is 5.97 Å². The van der Waals surface area contributed by atoms with Gasteiger partial charge in [-0.15, -0.1) is 0 Å². The maximum atomic E-state index is 14.0. The molecule has 0 spiro atoms. The molecule has 37 heavy (non-hydrogen) atoms. The van der Waals surface area contributed by atoms with E-state index in [9.17, 15) is 27.5 Å². The third kappa shape index (κ3) is 5.26. The molecule has 8 heteroatoms. The molecule has 0 aliphatic carbocycles. The summed E-state index contributed by atoms with van der Waals surface area (Å²) < 4.78 is 60.2. The molecule has 3 fully saturated rings. The van der Waals surface area contributed by atoms with E-state index in [0.29, 0.717) is 25.6 Å². The van der Waals surface area contributed by atoms with Crippen LogP contribution in [-0.2, 0) is 22.3 Å². The lowest BCUT2D eigenvalue weighted by Crippen LogP contribution is -2.65. The fraction of sp³-hybridized carbons (Fsp3) is 0.345. The minimum atomic E-state index is -4.69. The average molecular weight is 514 g/mol. The standard InChI is InChI=1S/C29H27F4NO3/c30-22-14-18(13-21(15-22)29(31,32)33)17-37-27-23-11-12-34(16-24(23)28(35)36)26(27)25(19-7-3-1-4-8-19)20-9-5-2-6-10-20/h1-10,13-15,23-27H,11-12,16-17H2,(H,35,36)/t23-,24-,26+,27+/m1/s1. The highest BCUT2D eigenvalue weighted by Gasteiger charge is 2.53. The number of fused-ring (bicyclic) bond motifs is 3. The molecular formula is C29H27F4NO3. The first-order valence-corrected chi connectivity index (χ1v) is 12.3. The number of halogens is 4. The Bertz CT molecular complexity index is 1200. The van der Waals surface area contributed by atoms with Crippen molar-refractivity contribution in [2.75, 3.05) is 13.1 Å². The molecule has 5 atom stereocenters. The molecule has 3 aliphatic heterocycles. The Morgan fingerprint density at radius 1 is 1.00 bits per heavy atom. The van der Waals surface area contributed by atoms with Crippen molar-refractivity contribution in [1.82, 2.24) is 4.90 Å². The Hall–Kier alpha value is -3.23. The second kappa shape index (κ2) is 10.3. The van der Waals surface area contributed by atoms with E-state index in [1.54, 1.807) is 0 Å². The van der Waals surface area contributed by atoms with Gasteiger partial charge < -0.3 is 9.84 Å². The Labute approximate surface area is 212 Å². The summed E-state index contributed by atoms with van der Waals surface area (Å²) in [6, 6.07) is 21.9. The fourth-order valence-electron chi connectivity index (χ4n) is 6.00. The number of carboxylic acid groups (broad SMARTS) is 1. The Balaban J connectivity index is 1.53. The van der Waals surface area contributed by atoms with Gasteiger partial charge in [0, 0.05) is 24.4 Å². The minimum Gasteiger partial charge on any atom is -0.481 e.